The molecule has 2 heterocycles. The van der Waals surface area contributed by atoms with Crippen molar-refractivity contribution in [2.45, 2.75) is 32.7 Å². The van der Waals surface area contributed by atoms with Gasteiger partial charge in [-0.3, -0.25) is 9.59 Å². The molecule has 4 rings (SSSR count). The third-order valence-electron chi connectivity index (χ3n) is 6.56. The van der Waals surface area contributed by atoms with Crippen LogP contribution in [0.25, 0.3) is 5.76 Å². The normalized spacial score (nSPS) is 18.2. The van der Waals surface area contributed by atoms with Crippen molar-refractivity contribution in [2.24, 2.45) is 5.92 Å². The molecule has 2 aromatic carbocycles. The first kappa shape index (κ1) is 27.3. The summed E-state index contributed by atoms with van der Waals surface area (Å²) >= 11 is 0. The Bertz CT molecular complexity index is 1210. The van der Waals surface area contributed by atoms with E-state index >= 15 is 0 Å². The average molecular weight is 526 g/mol. The summed E-state index contributed by atoms with van der Waals surface area (Å²) in [4.78, 5) is 28.0. The van der Waals surface area contributed by atoms with E-state index in [-0.39, 0.29) is 17.9 Å². The average Bonchev–Trinajstić information content (AvgIpc) is 3.17. The number of amides is 1. The molecule has 9 nitrogen and oxygen atoms in total. The van der Waals surface area contributed by atoms with E-state index in [9.17, 15) is 14.7 Å². The van der Waals surface area contributed by atoms with Crippen LogP contribution < -0.4 is 18.9 Å². The number of aliphatic hydroxyl groups excluding tert-OH is 1. The minimum atomic E-state index is -0.821. The van der Waals surface area contributed by atoms with Gasteiger partial charge in [0.2, 0.25) is 0 Å². The second-order valence-corrected chi connectivity index (χ2v) is 9.64. The fourth-order valence-corrected chi connectivity index (χ4v) is 4.56. The zero-order valence-corrected chi connectivity index (χ0v) is 22.3. The van der Waals surface area contributed by atoms with E-state index in [1.54, 1.807) is 50.6 Å². The first-order valence-corrected chi connectivity index (χ1v) is 12.8. The molecule has 9 heteroatoms. The van der Waals surface area contributed by atoms with Crippen LogP contribution >= 0.6 is 0 Å². The number of Topliss-reactive ketones (excluding diaryl/α,β-unsaturated/α-hetero) is 1. The lowest BCUT2D eigenvalue weighted by atomic mass is 9.94. The number of fused-ring (bicyclic) bond motifs is 1. The van der Waals surface area contributed by atoms with Gasteiger partial charge in [0.15, 0.2) is 23.0 Å². The summed E-state index contributed by atoms with van der Waals surface area (Å²) in [7, 11) is 3.12. The van der Waals surface area contributed by atoms with Crippen LogP contribution in [0.2, 0.25) is 0 Å². The van der Waals surface area contributed by atoms with E-state index in [0.717, 1.165) is 6.42 Å². The number of hydrogen-bond acceptors (Lipinski definition) is 8. The Kier molecular flexibility index (Phi) is 8.78. The maximum Gasteiger partial charge on any atom is 0.295 e. The third-order valence-corrected chi connectivity index (χ3v) is 6.56. The quantitative estimate of drug-likeness (QED) is 0.200. The number of benzene rings is 2. The van der Waals surface area contributed by atoms with Crippen molar-refractivity contribution in [2.75, 3.05) is 47.2 Å². The van der Waals surface area contributed by atoms with Crippen molar-refractivity contribution in [1.29, 1.82) is 0 Å². The lowest BCUT2D eigenvalue weighted by molar-refractivity contribution is -0.140. The molecule has 1 N–H and O–H groups in total. The molecular formula is C29H35NO8. The number of methoxy groups -OCH3 is 2. The van der Waals surface area contributed by atoms with Crippen molar-refractivity contribution in [3.05, 3.63) is 53.1 Å². The first-order valence-electron chi connectivity index (χ1n) is 12.8. The number of nitrogens with zero attached hydrogens (tertiary/aromatic N) is 1. The van der Waals surface area contributed by atoms with E-state index in [2.05, 4.69) is 13.8 Å². The van der Waals surface area contributed by atoms with Crippen molar-refractivity contribution in [3.63, 3.8) is 0 Å². The molecule has 0 bridgehead atoms. The van der Waals surface area contributed by atoms with Crippen LogP contribution in [0.4, 0.5) is 0 Å². The van der Waals surface area contributed by atoms with Crippen LogP contribution in [0.1, 0.15) is 43.9 Å². The molecule has 1 amide bonds. The monoisotopic (exact) mass is 525 g/mol. The topological polar surface area (TPSA) is 104 Å². The number of carbonyl (C=O) groups is 2. The van der Waals surface area contributed by atoms with Gasteiger partial charge in [-0.1, -0.05) is 19.9 Å². The minimum absolute atomic E-state index is 0.000348. The molecule has 2 aromatic rings. The van der Waals surface area contributed by atoms with E-state index in [0.29, 0.717) is 72.9 Å². The van der Waals surface area contributed by atoms with Crippen LogP contribution in [0, 0.1) is 5.92 Å². The molecule has 0 aromatic heterocycles. The van der Waals surface area contributed by atoms with Crippen LogP contribution in [-0.2, 0) is 14.3 Å². The van der Waals surface area contributed by atoms with Crippen molar-refractivity contribution < 1.29 is 38.4 Å². The van der Waals surface area contributed by atoms with Gasteiger partial charge in [-0.05, 0) is 54.7 Å². The lowest BCUT2D eigenvalue weighted by Crippen LogP contribution is -2.31. The maximum absolute atomic E-state index is 13.3. The maximum atomic E-state index is 13.3. The van der Waals surface area contributed by atoms with Gasteiger partial charge in [0, 0.05) is 25.8 Å². The molecule has 38 heavy (non-hydrogen) atoms. The number of ketones is 1. The molecule has 1 atom stereocenters. The Labute approximate surface area is 222 Å². The molecular weight excluding hydrogens is 490 g/mol. The molecule has 0 spiro atoms. The number of ether oxygens (including phenoxy) is 5. The fourth-order valence-electron chi connectivity index (χ4n) is 4.56. The smallest absolute Gasteiger partial charge is 0.295 e. The Hall–Kier alpha value is -3.72. The zero-order chi connectivity index (χ0) is 27.2. The summed E-state index contributed by atoms with van der Waals surface area (Å²) in [5, 5.41) is 11.4. The molecule has 1 fully saturated rings. The van der Waals surface area contributed by atoms with Gasteiger partial charge in [-0.15, -0.1) is 0 Å². The zero-order valence-electron chi connectivity index (χ0n) is 22.3. The van der Waals surface area contributed by atoms with Gasteiger partial charge < -0.3 is 33.7 Å². The molecule has 1 unspecified atom stereocenters. The summed E-state index contributed by atoms with van der Waals surface area (Å²) in [6, 6.07) is 9.44. The summed E-state index contributed by atoms with van der Waals surface area (Å²) < 4.78 is 27.9. The highest BCUT2D eigenvalue weighted by Gasteiger charge is 2.46. The Balaban J connectivity index is 1.76. The van der Waals surface area contributed by atoms with Gasteiger partial charge in [0.1, 0.15) is 19.0 Å². The predicted molar refractivity (Wildman–Crippen MR) is 141 cm³/mol. The molecule has 0 radical (unpaired) electrons. The Morgan fingerprint density at radius 3 is 2.50 bits per heavy atom. The minimum Gasteiger partial charge on any atom is -0.507 e. The van der Waals surface area contributed by atoms with Crippen LogP contribution in [0.3, 0.4) is 0 Å². The highest BCUT2D eigenvalue weighted by atomic mass is 16.6. The number of hydrogen-bond donors (Lipinski definition) is 1. The van der Waals surface area contributed by atoms with Crippen molar-refractivity contribution in [3.8, 4) is 23.0 Å². The Morgan fingerprint density at radius 1 is 1.03 bits per heavy atom. The highest BCUT2D eigenvalue weighted by molar-refractivity contribution is 6.46. The first-order chi connectivity index (χ1) is 18.3. The van der Waals surface area contributed by atoms with Crippen molar-refractivity contribution in [1.82, 2.24) is 4.90 Å². The van der Waals surface area contributed by atoms with Gasteiger partial charge in [-0.2, -0.15) is 0 Å². The molecule has 1 saturated heterocycles. The van der Waals surface area contributed by atoms with Crippen molar-refractivity contribution >= 4 is 17.4 Å². The van der Waals surface area contributed by atoms with E-state index in [1.165, 1.54) is 4.90 Å². The SMILES string of the molecule is COCCCN1C(=O)C(=O)/C(=C(\O)c2ccc3c(c2)OCCO3)C1c1ccc(OCCC(C)C)c(OC)c1. The third kappa shape index (κ3) is 5.72. The van der Waals surface area contributed by atoms with Gasteiger partial charge in [0.25, 0.3) is 11.7 Å². The Morgan fingerprint density at radius 2 is 1.79 bits per heavy atom. The lowest BCUT2D eigenvalue weighted by Gasteiger charge is -2.26. The van der Waals surface area contributed by atoms with Gasteiger partial charge in [0.05, 0.1) is 25.3 Å². The van der Waals surface area contributed by atoms with Crippen LogP contribution in [0.15, 0.2) is 42.0 Å². The summed E-state index contributed by atoms with van der Waals surface area (Å²) in [6.07, 6.45) is 1.41. The summed E-state index contributed by atoms with van der Waals surface area (Å²) in [6.45, 7) is 6.29. The molecule has 2 aliphatic rings. The van der Waals surface area contributed by atoms with Gasteiger partial charge >= 0.3 is 0 Å². The van der Waals surface area contributed by atoms with Crippen LogP contribution in [0.5, 0.6) is 23.0 Å². The largest absolute Gasteiger partial charge is 0.507 e. The standard InChI is InChI=1S/C29H35NO8/c1-18(2)10-13-36-21-8-6-19(16-23(21)35-4)26-25(28(32)29(33)30(26)11-5-12-34-3)27(31)20-7-9-22-24(17-20)38-15-14-37-22/h6-9,16-18,26,31H,5,10-15H2,1-4H3/b27-25-. The molecule has 0 aliphatic carbocycles. The number of likely N-dealkylation sites (tertiary alicyclic amines) is 1. The predicted octanol–water partition coefficient (Wildman–Crippen LogP) is 4.35. The molecule has 0 saturated carbocycles. The molecule has 204 valence electrons. The van der Waals surface area contributed by atoms with Crippen LogP contribution in [-0.4, -0.2) is 68.9 Å². The second-order valence-electron chi connectivity index (χ2n) is 9.64. The molecule has 2 aliphatic heterocycles. The second kappa shape index (κ2) is 12.2. The fraction of sp³-hybridized carbons (Fsp3) is 0.448. The number of rotatable bonds is 11. The number of carbonyl (C=O) groups excluding carboxylic acids is 2. The highest BCUT2D eigenvalue weighted by Crippen LogP contribution is 2.43. The van der Waals surface area contributed by atoms with E-state index in [1.807, 2.05) is 0 Å². The summed E-state index contributed by atoms with van der Waals surface area (Å²) in [5.41, 5.74) is 0.975. The number of aliphatic hydroxyl groups is 1. The summed E-state index contributed by atoms with van der Waals surface area (Å²) in [5.74, 6) is 0.854. The van der Waals surface area contributed by atoms with E-state index in [4.69, 9.17) is 23.7 Å². The van der Waals surface area contributed by atoms with E-state index < -0.39 is 17.7 Å². The van der Waals surface area contributed by atoms with Gasteiger partial charge in [-0.25, -0.2) is 0 Å².